The average molecular weight is 564 g/mol. The summed E-state index contributed by atoms with van der Waals surface area (Å²) in [6.45, 7) is 2.95. The summed E-state index contributed by atoms with van der Waals surface area (Å²) in [6.07, 6.45) is 5.21. The Morgan fingerprint density at radius 3 is 2.51 bits per heavy atom. The lowest BCUT2D eigenvalue weighted by molar-refractivity contribution is -0.108. The van der Waals surface area contributed by atoms with Crippen LogP contribution in [0.3, 0.4) is 0 Å². The van der Waals surface area contributed by atoms with Gasteiger partial charge in [-0.15, -0.1) is 21.6 Å². The van der Waals surface area contributed by atoms with Crippen molar-refractivity contribution in [2.75, 3.05) is 18.5 Å². The summed E-state index contributed by atoms with van der Waals surface area (Å²) in [5.74, 6) is 0. The Balaban J connectivity index is 1.27. The first kappa shape index (κ1) is 25.7. The maximum atomic E-state index is 12.5. The highest BCUT2D eigenvalue weighted by Crippen LogP contribution is 2.38. The van der Waals surface area contributed by atoms with Gasteiger partial charge in [0, 0.05) is 29.8 Å². The molecule has 3 heterocycles. The van der Waals surface area contributed by atoms with Crippen LogP contribution in [0.2, 0.25) is 0 Å². The van der Waals surface area contributed by atoms with Crippen molar-refractivity contribution in [2.24, 2.45) is 10.2 Å². The molecule has 1 fully saturated rings. The summed E-state index contributed by atoms with van der Waals surface area (Å²) in [6, 6.07) is 20.2. The molecule has 1 saturated heterocycles. The highest BCUT2D eigenvalue weighted by molar-refractivity contribution is 8.33. The molecule has 6 nitrogen and oxygen atoms in total. The zero-order valence-electron chi connectivity index (χ0n) is 20.5. The van der Waals surface area contributed by atoms with Crippen molar-refractivity contribution < 1.29 is 4.79 Å². The molecule has 0 aliphatic carbocycles. The van der Waals surface area contributed by atoms with Gasteiger partial charge in [-0.3, -0.25) is 4.79 Å². The molecular weight excluding hydrogens is 539 g/mol. The van der Waals surface area contributed by atoms with Gasteiger partial charge in [-0.2, -0.15) is 0 Å². The molecule has 5 rings (SSSR count). The number of azo groups is 1. The molecule has 0 amide bonds. The number of nitrogens with zero attached hydrogens (tertiary/aromatic N) is 5. The number of rotatable bonds is 9. The Hall–Kier alpha value is -2.92. The van der Waals surface area contributed by atoms with E-state index in [9.17, 15) is 4.79 Å². The minimum atomic E-state index is 0.0154. The van der Waals surface area contributed by atoms with Crippen molar-refractivity contribution in [3.8, 4) is 0 Å². The molecule has 0 unspecified atom stereocenters. The molecule has 0 bridgehead atoms. The lowest BCUT2D eigenvalue weighted by Crippen LogP contribution is -2.23. The van der Waals surface area contributed by atoms with Crippen molar-refractivity contribution in [2.45, 2.75) is 26.2 Å². The van der Waals surface area contributed by atoms with Crippen LogP contribution in [0.4, 0.5) is 22.2 Å². The second kappa shape index (κ2) is 11.6. The van der Waals surface area contributed by atoms with Gasteiger partial charge in [-0.1, -0.05) is 61.5 Å². The molecule has 188 valence electrons. The van der Waals surface area contributed by atoms with E-state index in [1.165, 1.54) is 11.3 Å². The lowest BCUT2D eigenvalue weighted by Gasteiger charge is -2.19. The first-order valence-electron chi connectivity index (χ1n) is 12.0. The van der Waals surface area contributed by atoms with Crippen LogP contribution >= 0.6 is 46.7 Å². The number of thiophene rings is 1. The summed E-state index contributed by atoms with van der Waals surface area (Å²) in [4.78, 5) is 23.1. The molecular formula is C27H25N5OS4. The van der Waals surface area contributed by atoms with Crippen LogP contribution in [0, 0.1) is 0 Å². The number of carbonyl (C=O) groups is 1. The normalized spacial score (nSPS) is 15.1. The predicted octanol–water partition coefficient (Wildman–Crippen LogP) is 8.93. The summed E-state index contributed by atoms with van der Waals surface area (Å²) in [7, 11) is 2.04. The van der Waals surface area contributed by atoms with E-state index in [0.29, 0.717) is 15.1 Å². The molecule has 1 aliphatic heterocycles. The second-order valence-electron chi connectivity index (χ2n) is 8.47. The smallest absolute Gasteiger partial charge is 0.242 e. The van der Waals surface area contributed by atoms with Crippen molar-refractivity contribution in [3.05, 3.63) is 71.2 Å². The highest BCUT2D eigenvalue weighted by Gasteiger charge is 2.31. The van der Waals surface area contributed by atoms with Gasteiger partial charge in [0.15, 0.2) is 0 Å². The number of aromatic nitrogens is 1. The number of unbranched alkanes of at least 4 members (excludes halogenated alkanes) is 2. The maximum absolute atomic E-state index is 12.5. The Kier molecular flexibility index (Phi) is 8.09. The monoisotopic (exact) mass is 563 g/mol. The van der Waals surface area contributed by atoms with Crippen molar-refractivity contribution in [1.82, 2.24) is 9.88 Å². The van der Waals surface area contributed by atoms with Crippen LogP contribution in [0.25, 0.3) is 15.6 Å². The number of hydrogen-bond acceptors (Lipinski definition) is 9. The minimum absolute atomic E-state index is 0.0154. The van der Waals surface area contributed by atoms with E-state index in [4.69, 9.17) is 12.2 Å². The fourth-order valence-electron chi connectivity index (χ4n) is 3.90. The molecule has 2 aromatic carbocycles. The van der Waals surface area contributed by atoms with E-state index >= 15 is 0 Å². The first-order chi connectivity index (χ1) is 18.0. The van der Waals surface area contributed by atoms with Gasteiger partial charge in [-0.05, 0) is 66.7 Å². The summed E-state index contributed by atoms with van der Waals surface area (Å²) >= 11 is 9.61. The van der Waals surface area contributed by atoms with Gasteiger partial charge in [-0.25, -0.2) is 4.98 Å². The van der Waals surface area contributed by atoms with Gasteiger partial charge >= 0.3 is 0 Å². The summed E-state index contributed by atoms with van der Waals surface area (Å²) in [5.41, 5.74) is 3.63. The number of anilines is 2. The van der Waals surface area contributed by atoms with E-state index in [2.05, 4.69) is 45.2 Å². The molecule has 0 saturated carbocycles. The number of hydrogen-bond donors (Lipinski definition) is 0. The third-order valence-corrected chi connectivity index (χ3v) is 9.14. The van der Waals surface area contributed by atoms with E-state index in [1.807, 2.05) is 60.5 Å². The Labute approximate surface area is 233 Å². The second-order valence-corrected chi connectivity index (χ2v) is 12.1. The number of thiocarbonyl (C=S) groups is 1. The van der Waals surface area contributed by atoms with Crippen LogP contribution in [-0.2, 0) is 4.79 Å². The van der Waals surface area contributed by atoms with Crippen LogP contribution in [0.5, 0.6) is 0 Å². The molecule has 10 heteroatoms. The molecule has 2 aromatic heterocycles. The van der Waals surface area contributed by atoms with Gasteiger partial charge in [0.25, 0.3) is 0 Å². The maximum Gasteiger partial charge on any atom is 0.242 e. The number of fused-ring (bicyclic) bond motifs is 1. The number of benzene rings is 2. The van der Waals surface area contributed by atoms with Gasteiger partial charge < -0.3 is 9.80 Å². The Bertz CT molecular complexity index is 1440. The van der Waals surface area contributed by atoms with Gasteiger partial charge in [0.05, 0.1) is 16.1 Å². The summed E-state index contributed by atoms with van der Waals surface area (Å²) in [5, 5.41) is 9.35. The standard InChI is InChI=1S/C27H25N5OS4/c1-3-4-8-15-32-22(25(33)37-27(32)34)16-21-17-23-24(35-21)28-26(36-23)30-29-18-11-13-20(14-12-18)31(2)19-9-6-5-7-10-19/h5-7,9-14,16-17H,3-4,8,15H2,1-2H3/b22-16+,30-29?. The van der Waals surface area contributed by atoms with Crippen LogP contribution in [-0.4, -0.2) is 32.9 Å². The first-order valence-corrected chi connectivity index (χ1v) is 14.8. The fourth-order valence-corrected chi connectivity index (χ4v) is 7.03. The molecule has 1 aliphatic rings. The molecule has 0 radical (unpaired) electrons. The number of carbonyl (C=O) groups excluding carboxylic acids is 1. The third kappa shape index (κ3) is 5.98. The van der Waals surface area contributed by atoms with E-state index in [0.717, 1.165) is 69.0 Å². The quantitative estimate of drug-likeness (QED) is 0.0877. The topological polar surface area (TPSA) is 61.2 Å². The Morgan fingerprint density at radius 2 is 1.78 bits per heavy atom. The van der Waals surface area contributed by atoms with Crippen molar-refractivity contribution >= 4 is 93.9 Å². The third-order valence-electron chi connectivity index (χ3n) is 5.89. The van der Waals surface area contributed by atoms with Crippen molar-refractivity contribution in [3.63, 3.8) is 0 Å². The highest BCUT2D eigenvalue weighted by atomic mass is 32.2. The number of para-hydroxylation sites is 1. The van der Waals surface area contributed by atoms with Crippen LogP contribution < -0.4 is 4.90 Å². The van der Waals surface area contributed by atoms with E-state index in [-0.39, 0.29) is 5.12 Å². The zero-order chi connectivity index (χ0) is 25.8. The van der Waals surface area contributed by atoms with Gasteiger partial charge in [0.2, 0.25) is 10.2 Å². The van der Waals surface area contributed by atoms with E-state index < -0.39 is 0 Å². The molecule has 0 N–H and O–H groups in total. The molecule has 37 heavy (non-hydrogen) atoms. The number of thiazole rings is 1. The molecule has 0 spiro atoms. The van der Waals surface area contributed by atoms with Crippen LogP contribution in [0.1, 0.15) is 31.1 Å². The number of thioether (sulfide) groups is 1. The lowest BCUT2D eigenvalue weighted by atomic mass is 10.2. The van der Waals surface area contributed by atoms with Crippen molar-refractivity contribution in [1.29, 1.82) is 0 Å². The van der Waals surface area contributed by atoms with E-state index in [1.54, 1.807) is 11.3 Å². The largest absolute Gasteiger partial charge is 0.345 e. The fraction of sp³-hybridized carbons (Fsp3) is 0.222. The zero-order valence-corrected chi connectivity index (χ0v) is 23.7. The molecule has 0 atom stereocenters. The van der Waals surface area contributed by atoms with Crippen LogP contribution in [0.15, 0.2) is 76.6 Å². The SMILES string of the molecule is CCCCCN1C(=S)SC(=O)/C1=C\c1cc2sc(N=Nc3ccc(N(C)c4ccccc4)cc3)nc2s1. The Morgan fingerprint density at radius 1 is 1.03 bits per heavy atom. The average Bonchev–Trinajstić information content (AvgIpc) is 3.55. The predicted molar refractivity (Wildman–Crippen MR) is 162 cm³/mol. The van der Waals surface area contributed by atoms with Gasteiger partial charge in [0.1, 0.15) is 9.15 Å². The molecule has 4 aromatic rings. The minimum Gasteiger partial charge on any atom is -0.345 e. The summed E-state index contributed by atoms with van der Waals surface area (Å²) < 4.78 is 1.68.